The van der Waals surface area contributed by atoms with E-state index in [4.69, 9.17) is 28.9 Å². The second-order valence-corrected chi connectivity index (χ2v) is 8.20. The molecule has 0 bridgehead atoms. The Balaban J connectivity index is 1.83. The molecule has 3 aromatic carbocycles. The maximum absolute atomic E-state index is 11.7. The molecule has 0 aliphatic carbocycles. The van der Waals surface area contributed by atoms with Crippen molar-refractivity contribution < 1.29 is 21.5 Å². The van der Waals surface area contributed by atoms with Crippen LogP contribution in [0, 0.1) is 11.6 Å². The number of anilines is 2. The highest BCUT2D eigenvalue weighted by molar-refractivity contribution is 7.99. The Morgan fingerprint density at radius 2 is 1.89 bits per heavy atom. The number of carbonyl (C=O) groups excluding carboxylic acids is 1. The summed E-state index contributed by atoms with van der Waals surface area (Å²) in [4.78, 5) is 13.8. The zero-order valence-electron chi connectivity index (χ0n) is 15.0. The second kappa shape index (κ2) is 8.78. The highest BCUT2D eigenvalue weighted by atomic mass is 35.5. The van der Waals surface area contributed by atoms with Crippen LogP contribution in [0.4, 0.5) is 11.4 Å². The minimum Gasteiger partial charge on any atom is -0.502 e. The summed E-state index contributed by atoms with van der Waals surface area (Å²) in [6, 6.07) is 16.6. The van der Waals surface area contributed by atoms with Gasteiger partial charge in [-0.1, -0.05) is 23.4 Å². The van der Waals surface area contributed by atoms with Crippen molar-refractivity contribution in [2.75, 3.05) is 11.1 Å². The van der Waals surface area contributed by atoms with Gasteiger partial charge in [0.05, 0.1) is 5.56 Å². The summed E-state index contributed by atoms with van der Waals surface area (Å²) >= 11 is 12.7. The molecular formula is C21H19Cl2N2O2S+. The standard InChI is InChI=1S/C21H18Cl2N2O2S/c1-12(26)18-9-16(10-19(23)21(18)27)25-11-13-8-15(24)4-7-20(13)28-17-5-2-14(22)3-6-17/h2-10,23,25H,11,24H2,1H3/p+1. The average Bonchev–Trinajstić information content (AvgIpc) is 2.66. The Morgan fingerprint density at radius 1 is 1.18 bits per heavy atom. The zero-order valence-corrected chi connectivity index (χ0v) is 17.4. The number of phenols is 1. The van der Waals surface area contributed by atoms with Crippen molar-refractivity contribution in [3.05, 3.63) is 75.8 Å². The number of halogens is 2. The Labute approximate surface area is 177 Å². The number of hydrogen-bond donors (Lipinski definition) is 3. The lowest BCUT2D eigenvalue weighted by Crippen LogP contribution is -2.04. The van der Waals surface area contributed by atoms with Crippen LogP contribution in [0.3, 0.4) is 0 Å². The van der Waals surface area contributed by atoms with Crippen molar-refractivity contribution in [3.63, 3.8) is 0 Å². The van der Waals surface area contributed by atoms with E-state index in [-0.39, 0.29) is 22.1 Å². The summed E-state index contributed by atoms with van der Waals surface area (Å²) in [6.07, 6.45) is 0. The number of Topliss-reactive ketones (excluding diaryl/α,β-unsaturated/α-hetero) is 1. The van der Waals surface area contributed by atoms with E-state index in [2.05, 4.69) is 5.32 Å². The van der Waals surface area contributed by atoms with Crippen molar-refractivity contribution in [3.8, 4) is 5.75 Å². The molecule has 0 spiro atoms. The fourth-order valence-corrected chi connectivity index (χ4v) is 3.93. The fourth-order valence-electron chi connectivity index (χ4n) is 2.64. The van der Waals surface area contributed by atoms with Gasteiger partial charge in [-0.2, -0.15) is 0 Å². The van der Waals surface area contributed by atoms with E-state index < -0.39 is 0 Å². The van der Waals surface area contributed by atoms with Crippen molar-refractivity contribution in [1.82, 2.24) is 0 Å². The van der Waals surface area contributed by atoms with Gasteiger partial charge in [-0.3, -0.25) is 4.79 Å². The second-order valence-electron chi connectivity index (χ2n) is 6.20. The predicted molar refractivity (Wildman–Crippen MR) is 112 cm³/mol. The maximum Gasteiger partial charge on any atom is 0.269 e. The van der Waals surface area contributed by atoms with E-state index in [0.29, 0.717) is 22.9 Å². The molecule has 4 N–H and O–H groups in total. The van der Waals surface area contributed by atoms with Gasteiger partial charge in [0.25, 0.3) is 5.02 Å². The molecule has 0 saturated heterocycles. The highest BCUT2D eigenvalue weighted by Crippen LogP contribution is 2.33. The number of phenolic OH excluding ortho intramolecular Hbond substituents is 1. The van der Waals surface area contributed by atoms with E-state index in [0.717, 1.165) is 15.4 Å². The lowest BCUT2D eigenvalue weighted by molar-refractivity contribution is -0.290. The van der Waals surface area contributed by atoms with E-state index in [1.54, 1.807) is 23.9 Å². The van der Waals surface area contributed by atoms with Crippen molar-refractivity contribution in [2.45, 2.75) is 23.3 Å². The van der Waals surface area contributed by atoms with Gasteiger partial charge in [0.15, 0.2) is 23.1 Å². The van der Waals surface area contributed by atoms with Crippen LogP contribution < -0.4 is 11.1 Å². The number of nitrogen functional groups attached to an aromatic ring is 1. The number of nitrogens with two attached hydrogens (primary N) is 1. The molecule has 0 aliphatic heterocycles. The lowest BCUT2D eigenvalue weighted by Gasteiger charge is -2.13. The molecule has 3 aromatic rings. The SMILES string of the molecule is CC(=O)c1cc(NCc2cc(N)ccc2Sc2ccc(Cl)cc2)cc([ClH+])c1O. The van der Waals surface area contributed by atoms with Gasteiger partial charge < -0.3 is 16.2 Å². The molecule has 0 aliphatic rings. The van der Waals surface area contributed by atoms with Gasteiger partial charge in [0, 0.05) is 38.8 Å². The van der Waals surface area contributed by atoms with E-state index >= 15 is 0 Å². The molecule has 4 nitrogen and oxygen atoms in total. The summed E-state index contributed by atoms with van der Waals surface area (Å²) in [7, 11) is 0. The average molecular weight is 434 g/mol. The Morgan fingerprint density at radius 3 is 2.57 bits per heavy atom. The number of carbonyl (C=O) groups is 1. The van der Waals surface area contributed by atoms with Crippen LogP contribution in [0.15, 0.2) is 64.4 Å². The number of aromatic hydroxyl groups is 1. The first-order chi connectivity index (χ1) is 13.3. The molecule has 0 fully saturated rings. The van der Waals surface area contributed by atoms with E-state index in [1.165, 1.54) is 6.92 Å². The molecule has 3 rings (SSSR count). The Kier molecular flexibility index (Phi) is 6.39. The van der Waals surface area contributed by atoms with Crippen LogP contribution in [0.1, 0.15) is 22.8 Å². The third-order valence-electron chi connectivity index (χ3n) is 4.06. The van der Waals surface area contributed by atoms with Crippen LogP contribution in [0.25, 0.3) is 0 Å². The van der Waals surface area contributed by atoms with Crippen molar-refractivity contribution in [2.24, 2.45) is 0 Å². The van der Waals surface area contributed by atoms with Gasteiger partial charge in [-0.25, -0.2) is 0 Å². The number of benzene rings is 3. The summed E-state index contributed by atoms with van der Waals surface area (Å²) < 4.78 is 0. The van der Waals surface area contributed by atoms with Gasteiger partial charge in [-0.05, 0) is 61.0 Å². The molecule has 0 radical (unpaired) electrons. The van der Waals surface area contributed by atoms with Gasteiger partial charge in [-0.15, -0.1) is 0 Å². The molecular weight excluding hydrogens is 415 g/mol. The molecule has 0 amide bonds. The molecule has 28 heavy (non-hydrogen) atoms. The van der Waals surface area contributed by atoms with Gasteiger partial charge in [0.1, 0.15) is 0 Å². The number of rotatable bonds is 6. The quantitative estimate of drug-likeness (QED) is 0.279. The topological polar surface area (TPSA) is 75.4 Å². The molecule has 144 valence electrons. The van der Waals surface area contributed by atoms with E-state index in [1.807, 2.05) is 42.5 Å². The van der Waals surface area contributed by atoms with Crippen molar-refractivity contribution in [1.29, 1.82) is 0 Å². The number of hydrogen-bond acceptors (Lipinski definition) is 5. The van der Waals surface area contributed by atoms with Crippen LogP contribution in [-0.2, 0) is 6.54 Å². The summed E-state index contributed by atoms with van der Waals surface area (Å²) in [5.41, 5.74) is 8.51. The van der Waals surface area contributed by atoms with Gasteiger partial charge >= 0.3 is 0 Å². The summed E-state index contributed by atoms with van der Waals surface area (Å²) in [5, 5.41) is 14.2. The largest absolute Gasteiger partial charge is 0.502 e. The third-order valence-corrected chi connectivity index (χ3v) is 5.75. The highest BCUT2D eigenvalue weighted by Gasteiger charge is 2.17. The smallest absolute Gasteiger partial charge is 0.269 e. The fraction of sp³-hybridized carbons (Fsp3) is 0.0952. The third kappa shape index (κ3) is 4.93. The molecule has 0 heterocycles. The Hall–Kier alpha value is -2.34. The number of ketones is 1. The lowest BCUT2D eigenvalue weighted by atomic mass is 10.1. The summed E-state index contributed by atoms with van der Waals surface area (Å²) in [5.74, 6) is -0.397. The zero-order chi connectivity index (χ0) is 20.3. The molecule has 0 atom stereocenters. The number of nitrogens with one attached hydrogen (secondary N) is 1. The minimum absolute atomic E-state index is 0.156. The normalized spacial score (nSPS) is 10.7. The van der Waals surface area contributed by atoms with Crippen LogP contribution in [0.2, 0.25) is 10.0 Å². The molecule has 0 saturated carbocycles. The summed E-state index contributed by atoms with van der Waals surface area (Å²) in [6.45, 7) is 1.88. The monoisotopic (exact) mass is 433 g/mol. The minimum atomic E-state index is -0.241. The van der Waals surface area contributed by atoms with E-state index in [9.17, 15) is 9.90 Å². The molecule has 7 heteroatoms. The molecule has 0 unspecified atom stereocenters. The predicted octanol–water partition coefficient (Wildman–Crippen LogP) is 5.29. The van der Waals surface area contributed by atoms with Crippen LogP contribution in [-0.4, -0.2) is 10.9 Å². The first-order valence-corrected chi connectivity index (χ1v) is 10.0. The Bertz CT molecular complexity index is 1020. The maximum atomic E-state index is 11.7. The van der Waals surface area contributed by atoms with Gasteiger partial charge in [0.2, 0.25) is 0 Å². The first kappa shape index (κ1) is 20.4. The van der Waals surface area contributed by atoms with Crippen LogP contribution >= 0.6 is 23.4 Å². The van der Waals surface area contributed by atoms with Crippen LogP contribution in [0.5, 0.6) is 5.75 Å². The molecule has 0 aromatic heterocycles. The first-order valence-electron chi connectivity index (χ1n) is 8.44. The van der Waals surface area contributed by atoms with Crippen molar-refractivity contribution >= 4 is 40.5 Å².